The third-order valence-corrected chi connectivity index (χ3v) is 16.9. The minimum absolute atomic E-state index is 0.0379. The van der Waals surface area contributed by atoms with E-state index in [1.165, 1.54) is 6.42 Å². The van der Waals surface area contributed by atoms with Crippen LogP contribution in [-0.2, 0) is 33.4 Å². The molecule has 7 fully saturated rings. The molecule has 2 N–H and O–H groups in total. The van der Waals surface area contributed by atoms with Crippen LogP contribution in [0.4, 0.5) is 0 Å². The second kappa shape index (κ2) is 17.6. The first-order chi connectivity index (χ1) is 26.7. The maximum absolute atomic E-state index is 13.8. The summed E-state index contributed by atoms with van der Waals surface area (Å²) in [6, 6.07) is 0. The number of rotatable bonds is 19. The monoisotopic (exact) mass is 781 g/mol. The molecule has 5 aliphatic carbocycles. The van der Waals surface area contributed by atoms with Gasteiger partial charge in [0.25, 0.3) is 0 Å². The highest BCUT2D eigenvalue weighted by Crippen LogP contribution is 2.76. The number of hydrogen-bond donors (Lipinski definition) is 2. The Morgan fingerprint density at radius 1 is 0.911 bits per heavy atom. The Bertz CT molecular complexity index is 1490. The highest BCUT2D eigenvalue weighted by molar-refractivity contribution is 5.94. The van der Waals surface area contributed by atoms with E-state index in [2.05, 4.69) is 39.8 Å². The van der Waals surface area contributed by atoms with E-state index in [1.807, 2.05) is 6.92 Å². The third-order valence-electron chi connectivity index (χ3n) is 16.9. The SMILES string of the molecule is CCCCCC=CC(CC(CCCCCCCC(=O)O)C1CC(=O)OC1=O)C1C(C(C)C)C2CC3C4(C)CCCC(C)(C(=O)O)C4CCC13CC1C(=O)OCC12. The van der Waals surface area contributed by atoms with Crippen molar-refractivity contribution >= 4 is 29.8 Å². The Morgan fingerprint density at radius 2 is 1.66 bits per heavy atom. The van der Waals surface area contributed by atoms with E-state index in [4.69, 9.17) is 14.6 Å². The molecule has 0 aromatic carbocycles. The van der Waals surface area contributed by atoms with E-state index in [-0.39, 0.29) is 77.0 Å². The molecule has 13 atom stereocenters. The molecule has 56 heavy (non-hydrogen) atoms. The summed E-state index contributed by atoms with van der Waals surface area (Å²) < 4.78 is 11.1. The summed E-state index contributed by atoms with van der Waals surface area (Å²) in [5, 5.41) is 19.8. The van der Waals surface area contributed by atoms with Crippen molar-refractivity contribution in [3.8, 4) is 0 Å². The third kappa shape index (κ3) is 8.13. The molecule has 2 bridgehead atoms. The topological polar surface area (TPSA) is 144 Å². The highest BCUT2D eigenvalue weighted by Gasteiger charge is 2.71. The fourth-order valence-electron chi connectivity index (χ4n) is 14.6. The van der Waals surface area contributed by atoms with Crippen molar-refractivity contribution in [2.45, 2.75) is 163 Å². The molecule has 0 radical (unpaired) electrons. The minimum atomic E-state index is -0.769. The number of hydrogen-bond acceptors (Lipinski definition) is 7. The summed E-state index contributed by atoms with van der Waals surface area (Å²) in [4.78, 5) is 64.0. The molecule has 2 saturated heterocycles. The van der Waals surface area contributed by atoms with Gasteiger partial charge in [0.05, 0.1) is 30.3 Å². The van der Waals surface area contributed by atoms with Crippen LogP contribution >= 0.6 is 0 Å². The summed E-state index contributed by atoms with van der Waals surface area (Å²) in [6.07, 6.45) is 21.7. The molecule has 7 rings (SSSR count). The van der Waals surface area contributed by atoms with E-state index in [0.717, 1.165) is 96.3 Å². The maximum Gasteiger partial charge on any atom is 0.317 e. The molecular weight excluding hydrogens is 709 g/mol. The van der Waals surface area contributed by atoms with Gasteiger partial charge in [0, 0.05) is 12.3 Å². The first kappa shape index (κ1) is 42.9. The van der Waals surface area contributed by atoms with Crippen LogP contribution < -0.4 is 0 Å². The smallest absolute Gasteiger partial charge is 0.317 e. The molecule has 2 heterocycles. The van der Waals surface area contributed by atoms with E-state index in [9.17, 15) is 29.1 Å². The van der Waals surface area contributed by atoms with E-state index < -0.39 is 35.2 Å². The normalized spacial score (nSPS) is 38.8. The number of esters is 3. The van der Waals surface area contributed by atoms with Crippen molar-refractivity contribution < 1.29 is 43.7 Å². The van der Waals surface area contributed by atoms with Gasteiger partial charge >= 0.3 is 29.8 Å². The van der Waals surface area contributed by atoms with Gasteiger partial charge in [0.2, 0.25) is 0 Å². The molecule has 0 aromatic heterocycles. The molecule has 9 nitrogen and oxygen atoms in total. The van der Waals surface area contributed by atoms with Gasteiger partial charge in [-0.3, -0.25) is 24.0 Å². The molecule has 2 aliphatic heterocycles. The zero-order valence-corrected chi connectivity index (χ0v) is 35.1. The predicted octanol–water partition coefficient (Wildman–Crippen LogP) is 10.0. The molecule has 5 saturated carbocycles. The number of aliphatic carboxylic acids is 2. The van der Waals surface area contributed by atoms with Crippen LogP contribution in [-0.4, -0.2) is 46.7 Å². The number of carbonyl (C=O) groups is 5. The van der Waals surface area contributed by atoms with E-state index >= 15 is 0 Å². The van der Waals surface area contributed by atoms with Crippen LogP contribution in [0.3, 0.4) is 0 Å². The Hall–Kier alpha value is -2.71. The predicted molar refractivity (Wildman–Crippen MR) is 213 cm³/mol. The fraction of sp³-hybridized carbons (Fsp3) is 0.851. The second-order valence-electron chi connectivity index (χ2n) is 20.2. The molecule has 9 heteroatoms. The van der Waals surface area contributed by atoms with Gasteiger partial charge in [0.15, 0.2) is 0 Å². The summed E-state index contributed by atoms with van der Waals surface area (Å²) in [6.45, 7) is 11.9. The average molecular weight is 781 g/mol. The molecule has 13 unspecified atom stereocenters. The standard InChI is InChI=1S/C47H72O9/c1-6-7-8-10-14-18-31(24-30(32-26-39(50)56-43(32)52)17-13-11-9-12-15-19-38(48)49)41-40(29(2)3)33-25-37-45(4)21-16-22-46(5,44(53)54)36(45)20-23-47(37,41)27-34-35(33)28-55-42(34)51/h14,18,29-37,40-41H,6-13,15-17,19-28H2,1-5H3,(H,48,49)(H,53,54). The Labute approximate surface area is 335 Å². The highest BCUT2D eigenvalue weighted by atomic mass is 16.6. The Kier molecular flexibility index (Phi) is 13.5. The van der Waals surface area contributed by atoms with Crippen LogP contribution in [0.25, 0.3) is 0 Å². The van der Waals surface area contributed by atoms with Gasteiger partial charge in [-0.15, -0.1) is 0 Å². The number of ether oxygens (including phenoxy) is 2. The average Bonchev–Trinajstić information content (AvgIpc) is 3.58. The maximum atomic E-state index is 13.8. The van der Waals surface area contributed by atoms with Gasteiger partial charge in [-0.05, 0) is 136 Å². The van der Waals surface area contributed by atoms with Crippen molar-refractivity contribution in [2.75, 3.05) is 6.61 Å². The lowest BCUT2D eigenvalue weighted by atomic mass is 9.35. The molecular formula is C47H72O9. The summed E-state index contributed by atoms with van der Waals surface area (Å²) in [5.74, 6) is -1.10. The number of carbonyl (C=O) groups excluding carboxylic acids is 3. The lowest BCUT2D eigenvalue weighted by Gasteiger charge is -2.69. The number of fused-ring (bicyclic) bond motifs is 2. The quantitative estimate of drug-likeness (QED) is 0.0566. The number of unbranched alkanes of at least 4 members (excludes halogenated alkanes) is 7. The van der Waals surface area contributed by atoms with Crippen molar-refractivity contribution in [3.63, 3.8) is 0 Å². The van der Waals surface area contributed by atoms with Crippen molar-refractivity contribution in [3.05, 3.63) is 12.2 Å². The van der Waals surface area contributed by atoms with Crippen LogP contribution in [0, 0.1) is 81.3 Å². The Balaban J connectivity index is 1.42. The zero-order valence-electron chi connectivity index (χ0n) is 35.1. The van der Waals surface area contributed by atoms with Crippen LogP contribution in [0.15, 0.2) is 12.2 Å². The van der Waals surface area contributed by atoms with E-state index in [1.54, 1.807) is 0 Å². The van der Waals surface area contributed by atoms with E-state index in [0.29, 0.717) is 31.3 Å². The van der Waals surface area contributed by atoms with Gasteiger partial charge < -0.3 is 19.7 Å². The lowest BCUT2D eigenvalue weighted by molar-refractivity contribution is -0.214. The Morgan fingerprint density at radius 3 is 2.34 bits per heavy atom. The second-order valence-corrected chi connectivity index (χ2v) is 20.2. The fourth-order valence-corrected chi connectivity index (χ4v) is 14.6. The largest absolute Gasteiger partial charge is 0.481 e. The first-order valence-corrected chi connectivity index (χ1v) is 22.7. The van der Waals surface area contributed by atoms with Crippen LogP contribution in [0.5, 0.6) is 0 Å². The molecule has 314 valence electrons. The lowest BCUT2D eigenvalue weighted by Crippen LogP contribution is -2.64. The van der Waals surface area contributed by atoms with Crippen LogP contribution in [0.1, 0.15) is 163 Å². The van der Waals surface area contributed by atoms with Gasteiger partial charge in [0.1, 0.15) is 0 Å². The van der Waals surface area contributed by atoms with Gasteiger partial charge in [-0.2, -0.15) is 0 Å². The van der Waals surface area contributed by atoms with Gasteiger partial charge in [-0.25, -0.2) is 0 Å². The summed E-state index contributed by atoms with van der Waals surface area (Å²) >= 11 is 0. The van der Waals surface area contributed by atoms with Crippen molar-refractivity contribution in [1.29, 1.82) is 0 Å². The van der Waals surface area contributed by atoms with Crippen LogP contribution in [0.2, 0.25) is 0 Å². The molecule has 1 spiro atoms. The van der Waals surface area contributed by atoms with Gasteiger partial charge in [-0.1, -0.05) is 84.8 Å². The number of allylic oxidation sites excluding steroid dienone is 2. The molecule has 0 amide bonds. The molecule has 7 aliphatic rings. The molecule has 0 aromatic rings. The number of carboxylic acid groups (broad SMARTS) is 2. The number of carboxylic acids is 2. The summed E-state index contributed by atoms with van der Waals surface area (Å²) in [7, 11) is 0. The first-order valence-electron chi connectivity index (χ1n) is 22.7. The summed E-state index contributed by atoms with van der Waals surface area (Å²) in [5.41, 5.74) is -1.12. The number of cyclic esters (lactones) is 3. The zero-order chi connectivity index (χ0) is 40.4. The van der Waals surface area contributed by atoms with Crippen molar-refractivity contribution in [1.82, 2.24) is 0 Å². The van der Waals surface area contributed by atoms with Crippen molar-refractivity contribution in [2.24, 2.45) is 81.3 Å². The minimum Gasteiger partial charge on any atom is -0.481 e.